The van der Waals surface area contributed by atoms with Gasteiger partial charge in [0.15, 0.2) is 0 Å². The number of hydrogen-bond acceptors (Lipinski definition) is 4. The van der Waals surface area contributed by atoms with Crippen LogP contribution in [0.1, 0.15) is 38.4 Å². The van der Waals surface area contributed by atoms with Gasteiger partial charge in [0.1, 0.15) is 6.04 Å². The van der Waals surface area contributed by atoms with Gasteiger partial charge in [-0.3, -0.25) is 4.79 Å². The van der Waals surface area contributed by atoms with Crippen LogP contribution in [0.2, 0.25) is 0 Å². The first-order chi connectivity index (χ1) is 15.0. The van der Waals surface area contributed by atoms with Gasteiger partial charge in [-0.2, -0.15) is 0 Å². The van der Waals surface area contributed by atoms with Crippen LogP contribution in [0, 0.1) is 5.92 Å². The van der Waals surface area contributed by atoms with E-state index >= 15 is 0 Å². The molecule has 0 saturated carbocycles. The van der Waals surface area contributed by atoms with Crippen LogP contribution in [0.3, 0.4) is 0 Å². The Balaban J connectivity index is 1.72. The number of hydrogen-bond donors (Lipinski definition) is 2. The molecule has 3 rings (SSSR count). The number of esters is 1. The lowest BCUT2D eigenvalue weighted by molar-refractivity contribution is -0.162. The highest BCUT2D eigenvalue weighted by molar-refractivity contribution is 5.93. The first-order valence-electron chi connectivity index (χ1n) is 10.6. The Bertz CT molecular complexity index is 880. The molecule has 1 aliphatic rings. The summed E-state index contributed by atoms with van der Waals surface area (Å²) in [5, 5.41) is 5.38. The Labute approximate surface area is 182 Å². The molecule has 0 bridgehead atoms. The van der Waals surface area contributed by atoms with Gasteiger partial charge >= 0.3 is 12.0 Å². The van der Waals surface area contributed by atoms with E-state index in [2.05, 4.69) is 10.6 Å². The van der Waals surface area contributed by atoms with Crippen molar-refractivity contribution in [2.24, 2.45) is 5.92 Å². The van der Waals surface area contributed by atoms with Gasteiger partial charge < -0.3 is 20.3 Å². The maximum atomic E-state index is 13.1. The molecule has 0 aromatic heterocycles. The van der Waals surface area contributed by atoms with E-state index in [-0.39, 0.29) is 11.8 Å². The fourth-order valence-corrected chi connectivity index (χ4v) is 3.51. The number of carbonyl (C=O) groups is 3. The van der Waals surface area contributed by atoms with E-state index in [0.29, 0.717) is 24.3 Å². The summed E-state index contributed by atoms with van der Waals surface area (Å²) in [5.41, 5.74) is 1.23. The first kappa shape index (κ1) is 22.3. The summed E-state index contributed by atoms with van der Waals surface area (Å²) in [5.74, 6) is -1.10. The lowest BCUT2D eigenvalue weighted by atomic mass is 10.0. The fourth-order valence-electron chi connectivity index (χ4n) is 3.51. The Kier molecular flexibility index (Phi) is 7.65. The summed E-state index contributed by atoms with van der Waals surface area (Å²) in [7, 11) is 0. The smallest absolute Gasteiger partial charge is 0.330 e. The Morgan fingerprint density at radius 2 is 1.48 bits per heavy atom. The third-order valence-corrected chi connectivity index (χ3v) is 5.22. The molecule has 0 unspecified atom stereocenters. The summed E-state index contributed by atoms with van der Waals surface area (Å²) < 4.78 is 5.71. The maximum Gasteiger partial charge on any atom is 0.330 e. The highest BCUT2D eigenvalue weighted by Gasteiger charge is 2.34. The second kappa shape index (κ2) is 10.6. The molecule has 1 aliphatic heterocycles. The third-order valence-electron chi connectivity index (χ3n) is 5.22. The molecule has 3 amide bonds. The molecular formula is C24H29N3O4. The minimum Gasteiger partial charge on any atom is -0.446 e. The van der Waals surface area contributed by atoms with Crippen LogP contribution in [0.4, 0.5) is 10.5 Å². The quantitative estimate of drug-likeness (QED) is 0.664. The summed E-state index contributed by atoms with van der Waals surface area (Å²) in [6.45, 7) is 4.94. The molecule has 1 fully saturated rings. The zero-order valence-corrected chi connectivity index (χ0v) is 17.9. The largest absolute Gasteiger partial charge is 0.446 e. The van der Waals surface area contributed by atoms with Gasteiger partial charge in [-0.1, -0.05) is 62.4 Å². The topological polar surface area (TPSA) is 87.7 Å². The Morgan fingerprint density at radius 3 is 2.06 bits per heavy atom. The number of rotatable bonds is 7. The number of carbonyl (C=O) groups excluding carboxylic acids is 3. The molecule has 2 aromatic carbocycles. The van der Waals surface area contributed by atoms with Crippen LogP contribution in [-0.2, 0) is 14.3 Å². The number of nitrogens with zero attached hydrogens (tertiary/aromatic N) is 1. The molecule has 31 heavy (non-hydrogen) atoms. The number of likely N-dealkylation sites (tertiary alicyclic amines) is 1. The zero-order valence-electron chi connectivity index (χ0n) is 17.9. The van der Waals surface area contributed by atoms with Crippen LogP contribution in [-0.4, -0.2) is 41.9 Å². The molecule has 2 N–H and O–H groups in total. The molecule has 7 heteroatoms. The molecule has 0 radical (unpaired) electrons. The minimum absolute atomic E-state index is 0.228. The van der Waals surface area contributed by atoms with Crippen molar-refractivity contribution in [2.75, 3.05) is 18.4 Å². The number of ether oxygens (including phenoxy) is 1. The van der Waals surface area contributed by atoms with E-state index in [1.165, 1.54) is 0 Å². The van der Waals surface area contributed by atoms with Gasteiger partial charge in [-0.25, -0.2) is 9.59 Å². The third kappa shape index (κ3) is 6.07. The van der Waals surface area contributed by atoms with Gasteiger partial charge in [-0.15, -0.1) is 0 Å². The second-order valence-electron chi connectivity index (χ2n) is 7.95. The second-order valence-corrected chi connectivity index (χ2v) is 7.95. The molecule has 0 spiro atoms. The highest BCUT2D eigenvalue weighted by Crippen LogP contribution is 2.24. The van der Waals surface area contributed by atoms with Crippen molar-refractivity contribution in [1.29, 1.82) is 0 Å². The van der Waals surface area contributed by atoms with Crippen molar-refractivity contribution in [3.8, 4) is 0 Å². The van der Waals surface area contributed by atoms with E-state index in [1.54, 1.807) is 53.4 Å². The molecule has 7 nitrogen and oxygen atoms in total. The van der Waals surface area contributed by atoms with Gasteiger partial charge in [0.25, 0.3) is 5.91 Å². The first-order valence-corrected chi connectivity index (χ1v) is 10.6. The van der Waals surface area contributed by atoms with Crippen molar-refractivity contribution < 1.29 is 19.1 Å². The summed E-state index contributed by atoms with van der Waals surface area (Å²) in [4.78, 5) is 40.3. The predicted octanol–water partition coefficient (Wildman–Crippen LogP) is 3.74. The monoisotopic (exact) mass is 423 g/mol. The number of amides is 3. The maximum absolute atomic E-state index is 13.1. The van der Waals surface area contributed by atoms with Gasteiger partial charge in [0, 0.05) is 24.3 Å². The molecule has 0 aliphatic carbocycles. The number of urea groups is 1. The van der Waals surface area contributed by atoms with Crippen LogP contribution < -0.4 is 10.6 Å². The Hall–Kier alpha value is -3.35. The van der Waals surface area contributed by atoms with E-state index in [0.717, 1.165) is 12.8 Å². The van der Waals surface area contributed by atoms with Crippen LogP contribution in [0.15, 0.2) is 60.7 Å². The van der Waals surface area contributed by atoms with Gasteiger partial charge in [-0.05, 0) is 30.9 Å². The van der Waals surface area contributed by atoms with Crippen LogP contribution in [0.25, 0.3) is 0 Å². The zero-order chi connectivity index (χ0) is 22.2. The highest BCUT2D eigenvalue weighted by atomic mass is 16.5. The SMILES string of the molecule is CC(C)[C@H](NC(=O)Nc1ccccc1)C(=O)O[C@@H](C(=O)N1CCCC1)c1ccccc1. The van der Waals surface area contributed by atoms with Crippen LogP contribution in [0.5, 0.6) is 0 Å². The summed E-state index contributed by atoms with van der Waals surface area (Å²) >= 11 is 0. The molecule has 2 aromatic rings. The molecule has 1 heterocycles. The number of anilines is 1. The lowest BCUT2D eigenvalue weighted by Crippen LogP contribution is -2.48. The fraction of sp³-hybridized carbons (Fsp3) is 0.375. The van der Waals surface area contributed by atoms with Gasteiger partial charge in [0.2, 0.25) is 6.10 Å². The number of benzene rings is 2. The normalized spacial score (nSPS) is 15.3. The summed E-state index contributed by atoms with van der Waals surface area (Å²) in [6, 6.07) is 16.5. The van der Waals surface area contributed by atoms with Crippen molar-refractivity contribution >= 4 is 23.6 Å². The van der Waals surface area contributed by atoms with Crippen molar-refractivity contribution in [1.82, 2.24) is 10.2 Å². The number of nitrogens with one attached hydrogen (secondary N) is 2. The van der Waals surface area contributed by atoms with Crippen LogP contribution >= 0.6 is 0 Å². The predicted molar refractivity (Wildman–Crippen MR) is 118 cm³/mol. The summed E-state index contributed by atoms with van der Waals surface area (Å²) in [6.07, 6.45) is 0.848. The van der Waals surface area contributed by atoms with Crippen molar-refractivity contribution in [3.63, 3.8) is 0 Å². The Morgan fingerprint density at radius 1 is 0.903 bits per heavy atom. The van der Waals surface area contributed by atoms with E-state index in [1.807, 2.05) is 26.0 Å². The molecule has 2 atom stereocenters. The lowest BCUT2D eigenvalue weighted by Gasteiger charge is -2.27. The van der Waals surface area contributed by atoms with Crippen molar-refractivity contribution in [2.45, 2.75) is 38.8 Å². The van der Waals surface area contributed by atoms with E-state index < -0.39 is 24.1 Å². The van der Waals surface area contributed by atoms with E-state index in [9.17, 15) is 14.4 Å². The molecule has 164 valence electrons. The van der Waals surface area contributed by atoms with Crippen molar-refractivity contribution in [3.05, 3.63) is 66.2 Å². The average molecular weight is 424 g/mol. The van der Waals surface area contributed by atoms with E-state index in [4.69, 9.17) is 4.74 Å². The standard InChI is InChI=1S/C24H29N3O4/c1-17(2)20(26-24(30)25-19-13-7-4-8-14-19)23(29)31-21(18-11-5-3-6-12-18)22(28)27-15-9-10-16-27/h3-8,11-14,17,20-21H,9-10,15-16H2,1-2H3,(H2,25,26,30)/t20-,21+/m0/s1. The minimum atomic E-state index is -1.04. The average Bonchev–Trinajstić information content (AvgIpc) is 3.31. The molecule has 1 saturated heterocycles. The van der Waals surface area contributed by atoms with Gasteiger partial charge in [0.05, 0.1) is 0 Å². The number of para-hydroxylation sites is 1. The molecular weight excluding hydrogens is 394 g/mol.